The van der Waals surface area contributed by atoms with Crippen LogP contribution in [0.2, 0.25) is 5.02 Å². The first-order chi connectivity index (χ1) is 8.21. The van der Waals surface area contributed by atoms with E-state index in [-0.39, 0.29) is 0 Å². The fourth-order valence-corrected chi connectivity index (χ4v) is 2.01. The largest absolute Gasteiger partial charge is 0.494 e. The van der Waals surface area contributed by atoms with E-state index in [0.717, 1.165) is 17.4 Å². The Kier molecular flexibility index (Phi) is 3.36. The van der Waals surface area contributed by atoms with E-state index >= 15 is 0 Å². The molecular weight excluding hydrogens is 238 g/mol. The number of methoxy groups -OCH3 is 1. The highest BCUT2D eigenvalue weighted by Crippen LogP contribution is 2.32. The van der Waals surface area contributed by atoms with Crippen LogP contribution < -0.4 is 16.0 Å². The molecule has 17 heavy (non-hydrogen) atoms. The van der Waals surface area contributed by atoms with Gasteiger partial charge in [0.25, 0.3) is 0 Å². The van der Waals surface area contributed by atoms with Crippen molar-refractivity contribution in [2.75, 3.05) is 12.5 Å². The number of hydrazine groups is 1. The maximum Gasteiger partial charge on any atom is 0.145 e. The van der Waals surface area contributed by atoms with Crippen LogP contribution in [-0.2, 0) is 6.42 Å². The van der Waals surface area contributed by atoms with Crippen molar-refractivity contribution in [3.63, 3.8) is 0 Å². The average molecular weight is 252 g/mol. The zero-order valence-electron chi connectivity index (χ0n) is 9.75. The molecule has 3 N–H and O–H groups in total. The third-order valence-electron chi connectivity index (χ3n) is 2.71. The quantitative estimate of drug-likeness (QED) is 0.651. The topological polar surface area (TPSA) is 60.2 Å². The van der Waals surface area contributed by atoms with Crippen LogP contribution in [0.25, 0.3) is 10.9 Å². The lowest BCUT2D eigenvalue weighted by Gasteiger charge is -2.11. The molecule has 1 aromatic heterocycles. The number of fused-ring (bicyclic) bond motifs is 1. The fourth-order valence-electron chi connectivity index (χ4n) is 1.80. The smallest absolute Gasteiger partial charge is 0.145 e. The van der Waals surface area contributed by atoms with Crippen LogP contribution in [0.5, 0.6) is 5.75 Å². The van der Waals surface area contributed by atoms with Crippen molar-refractivity contribution < 1.29 is 4.74 Å². The minimum atomic E-state index is 0.653. The summed E-state index contributed by atoms with van der Waals surface area (Å²) in [5.41, 5.74) is 4.34. The summed E-state index contributed by atoms with van der Waals surface area (Å²) in [5, 5.41) is 1.54. The summed E-state index contributed by atoms with van der Waals surface area (Å²) in [4.78, 5) is 4.45. The first-order valence-electron chi connectivity index (χ1n) is 5.34. The minimum Gasteiger partial charge on any atom is -0.494 e. The van der Waals surface area contributed by atoms with Crippen molar-refractivity contribution in [3.05, 3.63) is 28.8 Å². The lowest BCUT2D eigenvalue weighted by molar-refractivity contribution is 0.419. The van der Waals surface area contributed by atoms with Gasteiger partial charge in [0, 0.05) is 5.39 Å². The Morgan fingerprint density at radius 1 is 1.47 bits per heavy atom. The Balaban J connectivity index is 2.80. The highest BCUT2D eigenvalue weighted by Gasteiger charge is 2.11. The number of nitrogens with zero attached hydrogens (tertiary/aromatic N) is 1. The Hall–Kier alpha value is -1.52. The van der Waals surface area contributed by atoms with Gasteiger partial charge in [0.05, 0.1) is 12.1 Å². The number of benzene rings is 1. The molecule has 0 atom stereocenters. The number of nitrogens with one attached hydrogen (secondary N) is 1. The van der Waals surface area contributed by atoms with E-state index in [1.165, 1.54) is 0 Å². The van der Waals surface area contributed by atoms with Gasteiger partial charge in [-0.2, -0.15) is 0 Å². The second kappa shape index (κ2) is 4.77. The first-order valence-corrected chi connectivity index (χ1v) is 5.71. The Morgan fingerprint density at radius 2 is 2.24 bits per heavy atom. The molecule has 90 valence electrons. The average Bonchev–Trinajstić information content (AvgIpc) is 2.38. The molecule has 0 spiro atoms. The number of halogens is 1. The van der Waals surface area contributed by atoms with E-state index in [2.05, 4.69) is 10.4 Å². The lowest BCUT2D eigenvalue weighted by Crippen LogP contribution is -2.11. The summed E-state index contributed by atoms with van der Waals surface area (Å²) in [7, 11) is 1.60. The van der Waals surface area contributed by atoms with E-state index < -0.39 is 0 Å². The van der Waals surface area contributed by atoms with Crippen LogP contribution >= 0.6 is 11.6 Å². The molecule has 1 aromatic carbocycles. The second-order valence-electron chi connectivity index (χ2n) is 3.64. The van der Waals surface area contributed by atoms with Crippen LogP contribution in [0.3, 0.4) is 0 Å². The summed E-state index contributed by atoms with van der Waals surface area (Å²) >= 11 is 6.16. The maximum absolute atomic E-state index is 6.16. The lowest BCUT2D eigenvalue weighted by atomic mass is 10.1. The zero-order valence-corrected chi connectivity index (χ0v) is 10.5. The molecule has 0 aliphatic carbocycles. The first kappa shape index (κ1) is 12.0. The second-order valence-corrected chi connectivity index (χ2v) is 4.05. The fraction of sp³-hybridized carbons (Fsp3) is 0.250. The molecule has 0 saturated heterocycles. The van der Waals surface area contributed by atoms with Gasteiger partial charge < -0.3 is 10.2 Å². The standard InChI is InChI=1S/C12H14ClN3O/c1-3-7-6-8-9(13)4-5-10(17-2)11(8)15-12(7)16-14/h4-6H,3,14H2,1-2H3,(H,15,16). The van der Waals surface area contributed by atoms with Gasteiger partial charge in [0.2, 0.25) is 0 Å². The molecule has 0 saturated carbocycles. The molecule has 0 aliphatic heterocycles. The van der Waals surface area contributed by atoms with Gasteiger partial charge in [-0.05, 0) is 30.2 Å². The highest BCUT2D eigenvalue weighted by atomic mass is 35.5. The molecule has 1 heterocycles. The molecule has 0 fully saturated rings. The number of hydrogen-bond acceptors (Lipinski definition) is 4. The molecular formula is C12H14ClN3O. The monoisotopic (exact) mass is 251 g/mol. The van der Waals surface area contributed by atoms with Crippen LogP contribution in [0.15, 0.2) is 18.2 Å². The summed E-state index contributed by atoms with van der Waals surface area (Å²) in [6.07, 6.45) is 0.829. The molecule has 0 amide bonds. The van der Waals surface area contributed by atoms with Gasteiger partial charge in [0.1, 0.15) is 17.1 Å². The Morgan fingerprint density at radius 3 is 2.82 bits per heavy atom. The number of hydrogen-bond donors (Lipinski definition) is 2. The van der Waals surface area contributed by atoms with Gasteiger partial charge in [-0.3, -0.25) is 0 Å². The van der Waals surface area contributed by atoms with Crippen molar-refractivity contribution in [1.29, 1.82) is 0 Å². The van der Waals surface area contributed by atoms with Gasteiger partial charge >= 0.3 is 0 Å². The van der Waals surface area contributed by atoms with E-state index in [1.54, 1.807) is 19.2 Å². The van der Waals surface area contributed by atoms with Crippen molar-refractivity contribution in [1.82, 2.24) is 4.98 Å². The number of nitrogen functional groups attached to an aromatic ring is 1. The molecule has 0 bridgehead atoms. The third kappa shape index (κ3) is 2.01. The summed E-state index contributed by atoms with van der Waals surface area (Å²) in [6, 6.07) is 5.59. The number of aryl methyl sites for hydroxylation is 1. The molecule has 0 aliphatic rings. The number of aromatic nitrogens is 1. The van der Waals surface area contributed by atoms with Crippen molar-refractivity contribution in [2.45, 2.75) is 13.3 Å². The summed E-state index contributed by atoms with van der Waals surface area (Å²) in [5.74, 6) is 6.80. The van der Waals surface area contributed by atoms with Crippen LogP contribution in [-0.4, -0.2) is 12.1 Å². The molecule has 2 aromatic rings. The van der Waals surface area contributed by atoms with E-state index in [4.69, 9.17) is 22.2 Å². The predicted octanol–water partition coefficient (Wildman–Crippen LogP) is 2.74. The van der Waals surface area contributed by atoms with E-state index in [0.29, 0.717) is 22.1 Å². The van der Waals surface area contributed by atoms with Crippen molar-refractivity contribution in [3.8, 4) is 5.75 Å². The molecule has 2 rings (SSSR count). The summed E-state index contributed by atoms with van der Waals surface area (Å²) in [6.45, 7) is 2.04. The maximum atomic E-state index is 6.16. The zero-order chi connectivity index (χ0) is 12.4. The number of rotatable bonds is 3. The Labute approximate surface area is 105 Å². The van der Waals surface area contributed by atoms with Crippen LogP contribution in [0.4, 0.5) is 5.82 Å². The SMILES string of the molecule is CCc1cc2c(Cl)ccc(OC)c2nc1NN. The predicted molar refractivity (Wildman–Crippen MR) is 70.5 cm³/mol. The third-order valence-corrected chi connectivity index (χ3v) is 3.04. The summed E-state index contributed by atoms with van der Waals surface area (Å²) < 4.78 is 5.27. The number of pyridine rings is 1. The number of ether oxygens (including phenoxy) is 1. The normalized spacial score (nSPS) is 10.6. The van der Waals surface area contributed by atoms with Gasteiger partial charge in [-0.15, -0.1) is 0 Å². The molecule has 5 heteroatoms. The van der Waals surface area contributed by atoms with E-state index in [1.807, 2.05) is 13.0 Å². The molecule has 4 nitrogen and oxygen atoms in total. The van der Waals surface area contributed by atoms with Gasteiger partial charge in [0.15, 0.2) is 0 Å². The number of anilines is 1. The van der Waals surface area contributed by atoms with Crippen LogP contribution in [0.1, 0.15) is 12.5 Å². The van der Waals surface area contributed by atoms with Crippen molar-refractivity contribution >= 4 is 28.3 Å². The van der Waals surface area contributed by atoms with Crippen LogP contribution in [0, 0.1) is 0 Å². The minimum absolute atomic E-state index is 0.653. The number of nitrogens with two attached hydrogens (primary N) is 1. The highest BCUT2D eigenvalue weighted by molar-refractivity contribution is 6.35. The van der Waals surface area contributed by atoms with Gasteiger partial charge in [-0.25, -0.2) is 10.8 Å². The van der Waals surface area contributed by atoms with Gasteiger partial charge in [-0.1, -0.05) is 18.5 Å². The van der Waals surface area contributed by atoms with Crippen molar-refractivity contribution in [2.24, 2.45) is 5.84 Å². The Bertz CT molecular complexity index is 557. The molecule has 0 radical (unpaired) electrons. The van der Waals surface area contributed by atoms with E-state index in [9.17, 15) is 0 Å². The molecule has 0 unspecified atom stereocenters.